The molecule has 10 heteroatoms. The van der Waals surface area contributed by atoms with E-state index >= 15 is 0 Å². The molecule has 8 nitrogen and oxygen atoms in total. The number of aromatic nitrogens is 3. The van der Waals surface area contributed by atoms with Gasteiger partial charge in [-0.2, -0.15) is 0 Å². The van der Waals surface area contributed by atoms with E-state index in [1.807, 2.05) is 25.5 Å². The van der Waals surface area contributed by atoms with Gasteiger partial charge in [0.15, 0.2) is 23.4 Å². The highest BCUT2D eigenvalue weighted by Gasteiger charge is 2.23. The van der Waals surface area contributed by atoms with Crippen molar-refractivity contribution in [2.75, 3.05) is 26.2 Å². The van der Waals surface area contributed by atoms with Gasteiger partial charge in [0.05, 0.1) is 6.54 Å². The molecule has 2 aromatic rings. The summed E-state index contributed by atoms with van der Waals surface area (Å²) >= 11 is 0. The van der Waals surface area contributed by atoms with Crippen molar-refractivity contribution in [3.05, 3.63) is 41.7 Å². The van der Waals surface area contributed by atoms with Crippen LogP contribution in [-0.4, -0.2) is 63.9 Å². The highest BCUT2D eigenvalue weighted by molar-refractivity contribution is 14.0. The molecule has 1 fully saturated rings. The largest absolute Gasteiger partial charge is 0.486 e. The van der Waals surface area contributed by atoms with Crippen LogP contribution < -0.4 is 15.4 Å². The van der Waals surface area contributed by atoms with E-state index in [-0.39, 0.29) is 41.6 Å². The molecule has 2 heterocycles. The number of guanidine groups is 1. The van der Waals surface area contributed by atoms with Crippen LogP contribution in [0, 0.1) is 12.7 Å². The minimum atomic E-state index is -0.350. The van der Waals surface area contributed by atoms with E-state index in [9.17, 15) is 4.39 Å². The number of nitrogens with one attached hydrogen (secondary N) is 2. The van der Waals surface area contributed by atoms with E-state index in [4.69, 9.17) is 9.73 Å². The van der Waals surface area contributed by atoms with Gasteiger partial charge in [-0.15, -0.1) is 34.2 Å². The first kappa shape index (κ1) is 27.3. The third-order valence-electron chi connectivity index (χ3n) is 6.05. The number of likely N-dealkylation sites (tertiary alicyclic amines) is 1. The van der Waals surface area contributed by atoms with Gasteiger partial charge >= 0.3 is 0 Å². The number of likely N-dealkylation sites (N-methyl/N-ethyl adjacent to an activating group) is 1. The maximum absolute atomic E-state index is 14.0. The lowest BCUT2D eigenvalue weighted by Gasteiger charge is -2.25. The smallest absolute Gasteiger partial charge is 0.191 e. The summed E-state index contributed by atoms with van der Waals surface area (Å²) in [5.74, 6) is 2.27. The van der Waals surface area contributed by atoms with E-state index in [1.54, 1.807) is 18.2 Å². The molecule has 184 valence electrons. The van der Waals surface area contributed by atoms with E-state index in [1.165, 1.54) is 18.9 Å². The van der Waals surface area contributed by atoms with Gasteiger partial charge in [0, 0.05) is 19.6 Å². The monoisotopic (exact) mass is 573 g/mol. The molecule has 1 aliphatic heterocycles. The fraction of sp³-hybridized carbons (Fsp3) is 0.609. The molecule has 1 aromatic heterocycles. The first-order valence-corrected chi connectivity index (χ1v) is 11.5. The van der Waals surface area contributed by atoms with Gasteiger partial charge < -0.3 is 19.9 Å². The van der Waals surface area contributed by atoms with Gasteiger partial charge in [-0.1, -0.05) is 26.0 Å². The summed E-state index contributed by atoms with van der Waals surface area (Å²) in [6, 6.07) is 7.00. The van der Waals surface area contributed by atoms with Crippen LogP contribution in [0.1, 0.15) is 44.8 Å². The minimum Gasteiger partial charge on any atom is -0.486 e. The fourth-order valence-corrected chi connectivity index (χ4v) is 3.87. The highest BCUT2D eigenvalue weighted by Crippen LogP contribution is 2.18. The maximum Gasteiger partial charge on any atom is 0.191 e. The molecular weight excluding hydrogens is 536 g/mol. The summed E-state index contributed by atoms with van der Waals surface area (Å²) in [4.78, 5) is 7.23. The number of aliphatic imine (C=N–C) groups is 1. The van der Waals surface area contributed by atoms with Crippen LogP contribution in [-0.2, 0) is 13.6 Å². The zero-order chi connectivity index (χ0) is 22.9. The lowest BCUT2D eigenvalue weighted by Crippen LogP contribution is -2.47. The van der Waals surface area contributed by atoms with Crippen molar-refractivity contribution >= 4 is 29.9 Å². The average molecular weight is 573 g/mol. The molecule has 1 aromatic carbocycles. The number of aryl methyl sites for hydroxylation is 1. The number of hydrogen-bond acceptors (Lipinski definition) is 5. The maximum atomic E-state index is 14.0. The average Bonchev–Trinajstić information content (AvgIpc) is 3.39. The number of ether oxygens (including phenoxy) is 1. The first-order chi connectivity index (χ1) is 15.5. The Morgan fingerprint density at radius 1 is 1.27 bits per heavy atom. The van der Waals surface area contributed by atoms with Crippen LogP contribution >= 0.6 is 24.0 Å². The van der Waals surface area contributed by atoms with Crippen molar-refractivity contribution < 1.29 is 9.13 Å². The van der Waals surface area contributed by atoms with Gasteiger partial charge in [0.1, 0.15) is 18.5 Å². The molecule has 0 saturated carbocycles. The normalized spacial score (nSPS) is 17.5. The summed E-state index contributed by atoms with van der Waals surface area (Å²) in [7, 11) is 1.94. The molecule has 33 heavy (non-hydrogen) atoms. The molecule has 1 saturated heterocycles. The Hall–Kier alpha value is -1.95. The quantitative estimate of drug-likeness (QED) is 0.258. The molecule has 0 spiro atoms. The number of halogens is 2. The zero-order valence-electron chi connectivity index (χ0n) is 20.1. The Bertz CT molecular complexity index is 891. The van der Waals surface area contributed by atoms with Gasteiger partial charge in [-0.05, 0) is 51.4 Å². The second-order valence-corrected chi connectivity index (χ2v) is 8.15. The van der Waals surface area contributed by atoms with Crippen LogP contribution in [0.5, 0.6) is 5.75 Å². The summed E-state index contributed by atoms with van der Waals surface area (Å²) in [5, 5.41) is 15.2. The van der Waals surface area contributed by atoms with Gasteiger partial charge in [0.25, 0.3) is 0 Å². The van der Waals surface area contributed by atoms with Crippen molar-refractivity contribution in [1.82, 2.24) is 30.3 Å². The molecule has 3 rings (SSSR count). The Labute approximate surface area is 213 Å². The topological polar surface area (TPSA) is 79.6 Å². The molecule has 2 N–H and O–H groups in total. The number of hydrogen-bond donors (Lipinski definition) is 2. The summed E-state index contributed by atoms with van der Waals surface area (Å²) in [6.07, 6.45) is 2.97. The standard InChI is InChI=1S/C23H36FN7O.HI/c1-5-19(32-21-12-8-7-11-20(21)24)15-26-23(25-14-18-10-9-13-31(18)6-2)27-16-22-29-28-17(3)30(22)4;/h7-8,11-12,18-19H,5-6,9-10,13-16H2,1-4H3,(H2,25,26,27);1H. The number of nitrogens with zero attached hydrogens (tertiary/aromatic N) is 5. The summed E-state index contributed by atoms with van der Waals surface area (Å²) in [5.41, 5.74) is 0. The van der Waals surface area contributed by atoms with E-state index < -0.39 is 0 Å². The molecule has 0 bridgehead atoms. The lowest BCUT2D eigenvalue weighted by molar-refractivity contribution is 0.191. The predicted octanol–water partition coefficient (Wildman–Crippen LogP) is 3.26. The Morgan fingerprint density at radius 3 is 2.73 bits per heavy atom. The number of benzene rings is 1. The van der Waals surface area contributed by atoms with Crippen molar-refractivity contribution in [1.29, 1.82) is 0 Å². The number of para-hydroxylation sites is 1. The molecule has 0 radical (unpaired) electrons. The van der Waals surface area contributed by atoms with E-state index in [0.717, 1.165) is 37.7 Å². The van der Waals surface area contributed by atoms with Crippen molar-refractivity contribution in [3.8, 4) is 5.75 Å². The molecule has 2 unspecified atom stereocenters. The highest BCUT2D eigenvalue weighted by atomic mass is 127. The van der Waals surface area contributed by atoms with Gasteiger partial charge in [-0.3, -0.25) is 4.90 Å². The Morgan fingerprint density at radius 2 is 2.06 bits per heavy atom. The third-order valence-corrected chi connectivity index (χ3v) is 6.05. The Balaban J connectivity index is 0.00000385. The summed E-state index contributed by atoms with van der Waals surface area (Å²) < 4.78 is 21.8. The van der Waals surface area contributed by atoms with Crippen molar-refractivity contribution in [2.45, 2.75) is 58.7 Å². The van der Waals surface area contributed by atoms with Crippen LogP contribution in [0.15, 0.2) is 29.3 Å². The van der Waals surface area contributed by atoms with E-state index in [2.05, 4.69) is 32.7 Å². The van der Waals surface area contributed by atoms with Crippen LogP contribution in [0.25, 0.3) is 0 Å². The number of rotatable bonds is 10. The SMILES string of the molecule is CCC(CNC(=NCc1nnc(C)n1C)NCC1CCCN1CC)Oc1ccccc1F.I. The third kappa shape index (κ3) is 7.80. The van der Waals surface area contributed by atoms with Crippen LogP contribution in [0.2, 0.25) is 0 Å². The van der Waals surface area contributed by atoms with Crippen LogP contribution in [0.3, 0.4) is 0 Å². The molecule has 0 amide bonds. The van der Waals surface area contributed by atoms with Gasteiger partial charge in [-0.25, -0.2) is 9.38 Å². The molecular formula is C23H37FIN7O. The van der Waals surface area contributed by atoms with Crippen molar-refractivity contribution in [2.24, 2.45) is 12.0 Å². The zero-order valence-corrected chi connectivity index (χ0v) is 22.4. The lowest BCUT2D eigenvalue weighted by atomic mass is 10.2. The molecule has 1 aliphatic rings. The summed E-state index contributed by atoms with van der Waals surface area (Å²) in [6.45, 7) is 10.1. The van der Waals surface area contributed by atoms with Gasteiger partial charge in [0.2, 0.25) is 0 Å². The molecule has 2 atom stereocenters. The second kappa shape index (κ2) is 13.7. The van der Waals surface area contributed by atoms with Crippen LogP contribution in [0.4, 0.5) is 4.39 Å². The second-order valence-electron chi connectivity index (χ2n) is 8.15. The first-order valence-electron chi connectivity index (χ1n) is 11.5. The van der Waals surface area contributed by atoms with E-state index in [0.29, 0.717) is 25.1 Å². The Kier molecular flexibility index (Phi) is 11.3. The van der Waals surface area contributed by atoms with Crippen molar-refractivity contribution in [3.63, 3.8) is 0 Å². The minimum absolute atomic E-state index is 0. The fourth-order valence-electron chi connectivity index (χ4n) is 3.87. The molecule has 0 aliphatic carbocycles. The predicted molar refractivity (Wildman–Crippen MR) is 140 cm³/mol.